The van der Waals surface area contributed by atoms with E-state index in [2.05, 4.69) is 44.8 Å². The molecule has 3 nitrogen and oxygen atoms in total. The van der Waals surface area contributed by atoms with Crippen LogP contribution < -0.4 is 14.8 Å². The molecular weight excluding hydrogens is 374 g/mol. The Morgan fingerprint density at radius 1 is 1.29 bits per heavy atom. The Hall–Kier alpha value is -0.750. The van der Waals surface area contributed by atoms with Crippen molar-refractivity contribution in [3.05, 3.63) is 44.6 Å². The van der Waals surface area contributed by atoms with Gasteiger partial charge in [0.1, 0.15) is 0 Å². The van der Waals surface area contributed by atoms with Crippen LogP contribution in [0.3, 0.4) is 0 Å². The Kier molecular flexibility index (Phi) is 8.11. The molecule has 0 saturated heterocycles. The van der Waals surface area contributed by atoms with Crippen molar-refractivity contribution in [2.75, 3.05) is 13.7 Å². The molecule has 0 spiro atoms. The van der Waals surface area contributed by atoms with Gasteiger partial charge in [-0.05, 0) is 30.5 Å². The van der Waals surface area contributed by atoms with Crippen molar-refractivity contribution >= 4 is 39.7 Å². The SMILES string of the molecule is CCOc1c(CNCc2cccs2)cc(Br)cc1OC.Cl. The van der Waals surface area contributed by atoms with Crippen LogP contribution >= 0.6 is 39.7 Å². The molecule has 0 aliphatic rings. The molecule has 0 unspecified atom stereocenters. The summed E-state index contributed by atoms with van der Waals surface area (Å²) in [5.74, 6) is 1.58. The van der Waals surface area contributed by atoms with E-state index in [-0.39, 0.29) is 12.4 Å². The van der Waals surface area contributed by atoms with E-state index in [1.165, 1.54) is 4.88 Å². The molecule has 6 heteroatoms. The summed E-state index contributed by atoms with van der Waals surface area (Å²) < 4.78 is 12.1. The van der Waals surface area contributed by atoms with Gasteiger partial charge in [-0.15, -0.1) is 23.7 Å². The highest BCUT2D eigenvalue weighted by Gasteiger charge is 2.12. The molecule has 21 heavy (non-hydrogen) atoms. The van der Waals surface area contributed by atoms with Crippen molar-refractivity contribution in [2.24, 2.45) is 0 Å². The Labute approximate surface area is 144 Å². The van der Waals surface area contributed by atoms with Crippen molar-refractivity contribution in [1.29, 1.82) is 0 Å². The van der Waals surface area contributed by atoms with Gasteiger partial charge in [0.15, 0.2) is 11.5 Å². The van der Waals surface area contributed by atoms with Gasteiger partial charge in [-0.25, -0.2) is 0 Å². The quantitative estimate of drug-likeness (QED) is 0.745. The third-order valence-electron chi connectivity index (χ3n) is 2.80. The molecule has 1 aromatic heterocycles. The molecule has 0 aliphatic carbocycles. The molecule has 0 fully saturated rings. The van der Waals surface area contributed by atoms with Crippen molar-refractivity contribution in [1.82, 2.24) is 5.32 Å². The highest BCUT2D eigenvalue weighted by Crippen LogP contribution is 2.34. The Morgan fingerprint density at radius 2 is 2.10 bits per heavy atom. The number of methoxy groups -OCH3 is 1. The molecule has 1 N–H and O–H groups in total. The summed E-state index contributed by atoms with van der Waals surface area (Å²) in [7, 11) is 1.66. The third kappa shape index (κ3) is 5.18. The summed E-state index contributed by atoms with van der Waals surface area (Å²) in [6.07, 6.45) is 0. The Balaban J connectivity index is 0.00000220. The zero-order valence-corrected chi connectivity index (χ0v) is 15.2. The predicted octanol–water partition coefficient (Wildman–Crippen LogP) is 4.63. The summed E-state index contributed by atoms with van der Waals surface area (Å²) in [6, 6.07) is 8.18. The topological polar surface area (TPSA) is 30.5 Å². The minimum Gasteiger partial charge on any atom is -0.493 e. The van der Waals surface area contributed by atoms with Crippen LogP contribution in [0.4, 0.5) is 0 Å². The van der Waals surface area contributed by atoms with Crippen LogP contribution in [0.5, 0.6) is 11.5 Å². The molecule has 0 atom stereocenters. The van der Waals surface area contributed by atoms with Crippen molar-refractivity contribution < 1.29 is 9.47 Å². The van der Waals surface area contributed by atoms with Gasteiger partial charge >= 0.3 is 0 Å². The Morgan fingerprint density at radius 3 is 2.71 bits per heavy atom. The second kappa shape index (κ2) is 9.30. The lowest BCUT2D eigenvalue weighted by Gasteiger charge is -2.15. The minimum absolute atomic E-state index is 0. The maximum Gasteiger partial charge on any atom is 0.165 e. The molecule has 1 aromatic carbocycles. The standard InChI is InChI=1S/C15H18BrNO2S.ClH/c1-3-19-15-11(7-12(16)8-14(15)18-2)9-17-10-13-5-4-6-20-13;/h4-8,17H,3,9-10H2,1-2H3;1H. The van der Waals surface area contributed by atoms with Gasteiger partial charge in [0.2, 0.25) is 0 Å². The van der Waals surface area contributed by atoms with E-state index in [0.717, 1.165) is 34.6 Å². The summed E-state index contributed by atoms with van der Waals surface area (Å²) in [6.45, 7) is 4.20. The maximum absolute atomic E-state index is 5.72. The van der Waals surface area contributed by atoms with Crippen LogP contribution in [-0.4, -0.2) is 13.7 Å². The fraction of sp³-hybridized carbons (Fsp3) is 0.333. The first-order chi connectivity index (χ1) is 9.74. The van der Waals surface area contributed by atoms with Crippen LogP contribution in [-0.2, 0) is 13.1 Å². The molecule has 0 saturated carbocycles. The lowest BCUT2D eigenvalue weighted by molar-refractivity contribution is 0.306. The minimum atomic E-state index is 0. The van der Waals surface area contributed by atoms with E-state index < -0.39 is 0 Å². The largest absolute Gasteiger partial charge is 0.493 e. The smallest absolute Gasteiger partial charge is 0.165 e. The Bertz CT molecular complexity index is 549. The highest BCUT2D eigenvalue weighted by atomic mass is 79.9. The number of rotatable bonds is 7. The van der Waals surface area contributed by atoms with E-state index in [1.807, 2.05) is 13.0 Å². The van der Waals surface area contributed by atoms with E-state index in [0.29, 0.717) is 6.61 Å². The number of thiophene rings is 1. The van der Waals surface area contributed by atoms with Gasteiger partial charge in [0.25, 0.3) is 0 Å². The third-order valence-corrected chi connectivity index (χ3v) is 4.13. The lowest BCUT2D eigenvalue weighted by Crippen LogP contribution is -2.13. The first-order valence-electron chi connectivity index (χ1n) is 6.47. The van der Waals surface area contributed by atoms with Crippen LogP contribution in [0.25, 0.3) is 0 Å². The van der Waals surface area contributed by atoms with Gasteiger partial charge in [-0.3, -0.25) is 0 Å². The average molecular weight is 393 g/mol. The van der Waals surface area contributed by atoms with Gasteiger partial charge < -0.3 is 14.8 Å². The summed E-state index contributed by atoms with van der Waals surface area (Å²) in [5, 5.41) is 5.52. The van der Waals surface area contributed by atoms with Crippen molar-refractivity contribution in [3.63, 3.8) is 0 Å². The molecule has 0 radical (unpaired) electrons. The fourth-order valence-electron chi connectivity index (χ4n) is 1.95. The zero-order valence-electron chi connectivity index (χ0n) is 12.0. The summed E-state index contributed by atoms with van der Waals surface area (Å²) >= 11 is 5.26. The number of ether oxygens (including phenoxy) is 2. The first-order valence-corrected chi connectivity index (χ1v) is 8.14. The maximum atomic E-state index is 5.72. The number of halogens is 2. The number of benzene rings is 1. The number of hydrogen-bond donors (Lipinski definition) is 1. The van der Waals surface area contributed by atoms with Gasteiger partial charge in [0.05, 0.1) is 13.7 Å². The molecule has 116 valence electrons. The predicted molar refractivity (Wildman–Crippen MR) is 94.0 cm³/mol. The average Bonchev–Trinajstić information content (AvgIpc) is 2.94. The second-order valence-electron chi connectivity index (χ2n) is 4.21. The summed E-state index contributed by atoms with van der Waals surface area (Å²) in [4.78, 5) is 1.32. The molecule has 0 aliphatic heterocycles. The van der Waals surface area contributed by atoms with E-state index >= 15 is 0 Å². The fourth-order valence-corrected chi connectivity index (χ4v) is 3.11. The molecular formula is C15H19BrClNO2S. The van der Waals surface area contributed by atoms with Gasteiger partial charge in [-0.2, -0.15) is 0 Å². The van der Waals surface area contributed by atoms with Gasteiger partial charge in [0, 0.05) is 28.0 Å². The normalized spacial score (nSPS) is 10.0. The lowest BCUT2D eigenvalue weighted by atomic mass is 10.2. The van der Waals surface area contributed by atoms with E-state index in [1.54, 1.807) is 18.4 Å². The zero-order chi connectivity index (χ0) is 14.4. The van der Waals surface area contributed by atoms with Crippen LogP contribution in [0, 0.1) is 0 Å². The summed E-state index contributed by atoms with van der Waals surface area (Å²) in [5.41, 5.74) is 1.09. The monoisotopic (exact) mass is 391 g/mol. The van der Waals surface area contributed by atoms with Crippen molar-refractivity contribution in [3.8, 4) is 11.5 Å². The number of hydrogen-bond acceptors (Lipinski definition) is 4. The van der Waals surface area contributed by atoms with Crippen LogP contribution in [0.1, 0.15) is 17.4 Å². The van der Waals surface area contributed by atoms with E-state index in [4.69, 9.17) is 9.47 Å². The van der Waals surface area contributed by atoms with Gasteiger partial charge in [-0.1, -0.05) is 22.0 Å². The molecule has 2 rings (SSSR count). The highest BCUT2D eigenvalue weighted by molar-refractivity contribution is 9.10. The first kappa shape index (κ1) is 18.3. The molecule has 0 bridgehead atoms. The molecule has 2 aromatic rings. The molecule has 0 amide bonds. The second-order valence-corrected chi connectivity index (χ2v) is 6.16. The van der Waals surface area contributed by atoms with Crippen molar-refractivity contribution in [2.45, 2.75) is 20.0 Å². The van der Waals surface area contributed by atoms with Crippen LogP contribution in [0.15, 0.2) is 34.1 Å². The molecule has 1 heterocycles. The van der Waals surface area contributed by atoms with Crippen LogP contribution in [0.2, 0.25) is 0 Å². The van der Waals surface area contributed by atoms with E-state index in [9.17, 15) is 0 Å². The number of nitrogens with one attached hydrogen (secondary N) is 1.